The first-order chi connectivity index (χ1) is 12.5. The summed E-state index contributed by atoms with van der Waals surface area (Å²) in [6, 6.07) is 14.0. The van der Waals surface area contributed by atoms with Crippen LogP contribution in [0.4, 0.5) is 11.5 Å². The van der Waals surface area contributed by atoms with Crippen LogP contribution in [-0.2, 0) is 6.54 Å². The predicted octanol–water partition coefficient (Wildman–Crippen LogP) is 1.96. The molecule has 1 aromatic carbocycles. The first kappa shape index (κ1) is 18.2. The van der Waals surface area contributed by atoms with Gasteiger partial charge in [-0.25, -0.2) is 4.98 Å². The second-order valence-corrected chi connectivity index (χ2v) is 6.89. The average Bonchev–Trinajstić information content (AvgIpc) is 2.88. The molecule has 26 heavy (non-hydrogen) atoms. The number of pyridine rings is 1. The van der Waals surface area contributed by atoms with Crippen LogP contribution < -0.4 is 15.5 Å². The zero-order valence-corrected chi connectivity index (χ0v) is 15.6. The number of hydrogen-bond acceptors (Lipinski definition) is 5. The Labute approximate surface area is 155 Å². The van der Waals surface area contributed by atoms with Crippen molar-refractivity contribution < 1.29 is 4.79 Å². The number of primary amides is 1. The molecule has 0 unspecified atom stereocenters. The molecule has 1 amide bonds. The van der Waals surface area contributed by atoms with E-state index in [4.69, 9.17) is 5.73 Å². The van der Waals surface area contributed by atoms with Crippen molar-refractivity contribution in [3.8, 4) is 0 Å². The van der Waals surface area contributed by atoms with Gasteiger partial charge in [0.05, 0.1) is 0 Å². The van der Waals surface area contributed by atoms with E-state index in [9.17, 15) is 4.79 Å². The maximum absolute atomic E-state index is 11.4. The van der Waals surface area contributed by atoms with Gasteiger partial charge in [0.1, 0.15) is 11.5 Å². The summed E-state index contributed by atoms with van der Waals surface area (Å²) in [7, 11) is 4.17. The summed E-state index contributed by atoms with van der Waals surface area (Å²) in [5, 5.41) is 0. The molecule has 0 aliphatic carbocycles. The molecule has 6 heteroatoms. The molecular weight excluding hydrogens is 326 g/mol. The van der Waals surface area contributed by atoms with Gasteiger partial charge in [-0.15, -0.1) is 0 Å². The Morgan fingerprint density at radius 2 is 1.88 bits per heavy atom. The smallest absolute Gasteiger partial charge is 0.267 e. The highest BCUT2D eigenvalue weighted by molar-refractivity contribution is 5.91. The lowest BCUT2D eigenvalue weighted by Gasteiger charge is -2.25. The Kier molecular flexibility index (Phi) is 5.73. The van der Waals surface area contributed by atoms with Gasteiger partial charge in [0, 0.05) is 52.5 Å². The van der Waals surface area contributed by atoms with Crippen LogP contribution in [0.15, 0.2) is 42.5 Å². The van der Waals surface area contributed by atoms with Gasteiger partial charge in [-0.05, 0) is 30.2 Å². The van der Waals surface area contributed by atoms with Crippen molar-refractivity contribution >= 4 is 17.4 Å². The lowest BCUT2D eigenvalue weighted by molar-refractivity contribution is 0.0995. The van der Waals surface area contributed by atoms with Crippen molar-refractivity contribution in [2.45, 2.75) is 13.0 Å². The van der Waals surface area contributed by atoms with Gasteiger partial charge >= 0.3 is 0 Å². The molecule has 3 rings (SSSR count). The molecule has 1 aliphatic rings. The van der Waals surface area contributed by atoms with E-state index in [2.05, 4.69) is 58.0 Å². The van der Waals surface area contributed by atoms with E-state index in [1.807, 2.05) is 12.1 Å². The second kappa shape index (κ2) is 8.19. The summed E-state index contributed by atoms with van der Waals surface area (Å²) >= 11 is 0. The Morgan fingerprint density at radius 1 is 1.08 bits per heavy atom. The minimum atomic E-state index is -0.483. The highest BCUT2D eigenvalue weighted by Gasteiger charge is 2.18. The Balaban J connectivity index is 1.67. The number of anilines is 2. The number of carbonyl (C=O) groups excluding carboxylic acids is 1. The van der Waals surface area contributed by atoms with Crippen molar-refractivity contribution in [2.75, 3.05) is 50.1 Å². The van der Waals surface area contributed by atoms with E-state index in [1.165, 1.54) is 11.3 Å². The maximum Gasteiger partial charge on any atom is 0.267 e. The van der Waals surface area contributed by atoms with Gasteiger partial charge in [0.2, 0.25) is 0 Å². The number of carbonyl (C=O) groups is 1. The van der Waals surface area contributed by atoms with Crippen LogP contribution in [0.5, 0.6) is 0 Å². The third-order valence-corrected chi connectivity index (χ3v) is 4.77. The number of benzene rings is 1. The average molecular weight is 353 g/mol. The molecule has 0 spiro atoms. The molecule has 0 bridgehead atoms. The van der Waals surface area contributed by atoms with Crippen LogP contribution in [-0.4, -0.2) is 56.1 Å². The highest BCUT2D eigenvalue weighted by Crippen LogP contribution is 2.21. The minimum absolute atomic E-state index is 0.323. The Morgan fingerprint density at radius 3 is 2.65 bits per heavy atom. The fraction of sp³-hybridized carbons (Fsp3) is 0.400. The topological polar surface area (TPSA) is 65.7 Å². The monoisotopic (exact) mass is 353 g/mol. The van der Waals surface area contributed by atoms with Crippen molar-refractivity contribution in [1.82, 2.24) is 9.88 Å². The quantitative estimate of drug-likeness (QED) is 0.890. The van der Waals surface area contributed by atoms with E-state index in [0.29, 0.717) is 5.69 Å². The summed E-state index contributed by atoms with van der Waals surface area (Å²) in [4.78, 5) is 22.7. The second-order valence-electron chi connectivity index (χ2n) is 6.89. The van der Waals surface area contributed by atoms with Gasteiger partial charge < -0.3 is 15.5 Å². The molecule has 1 saturated heterocycles. The van der Waals surface area contributed by atoms with Crippen LogP contribution in [0.1, 0.15) is 22.5 Å². The van der Waals surface area contributed by atoms with Crippen LogP contribution in [0.2, 0.25) is 0 Å². The fourth-order valence-electron chi connectivity index (χ4n) is 3.42. The maximum atomic E-state index is 11.4. The van der Waals surface area contributed by atoms with Crippen molar-refractivity contribution in [3.05, 3.63) is 53.7 Å². The predicted molar refractivity (Wildman–Crippen MR) is 106 cm³/mol. The molecule has 6 nitrogen and oxygen atoms in total. The number of para-hydroxylation sites is 1. The number of nitrogens with two attached hydrogens (primary N) is 1. The third-order valence-electron chi connectivity index (χ3n) is 4.77. The van der Waals surface area contributed by atoms with Gasteiger partial charge in [-0.1, -0.05) is 24.3 Å². The van der Waals surface area contributed by atoms with Crippen molar-refractivity contribution in [2.24, 2.45) is 5.73 Å². The van der Waals surface area contributed by atoms with Gasteiger partial charge in [-0.2, -0.15) is 0 Å². The normalized spacial score (nSPS) is 15.5. The lowest BCUT2D eigenvalue weighted by Crippen LogP contribution is -2.31. The van der Waals surface area contributed by atoms with Crippen LogP contribution in [0, 0.1) is 0 Å². The Bertz CT molecular complexity index is 761. The fourth-order valence-corrected chi connectivity index (χ4v) is 3.42. The summed E-state index contributed by atoms with van der Waals surface area (Å²) in [6.07, 6.45) is 1.06. The molecular formula is C20H27N5O. The van der Waals surface area contributed by atoms with E-state index in [-0.39, 0.29) is 0 Å². The lowest BCUT2D eigenvalue weighted by atomic mass is 10.1. The van der Waals surface area contributed by atoms with Crippen LogP contribution in [0.25, 0.3) is 0 Å². The molecule has 1 aliphatic heterocycles. The first-order valence-corrected chi connectivity index (χ1v) is 9.04. The summed E-state index contributed by atoms with van der Waals surface area (Å²) in [6.45, 7) is 4.77. The highest BCUT2D eigenvalue weighted by atomic mass is 16.1. The zero-order valence-electron chi connectivity index (χ0n) is 15.6. The third kappa shape index (κ3) is 4.32. The van der Waals surface area contributed by atoms with Gasteiger partial charge in [0.15, 0.2) is 0 Å². The van der Waals surface area contributed by atoms with Gasteiger partial charge in [0.25, 0.3) is 5.91 Å². The number of aromatic nitrogens is 1. The molecule has 0 atom stereocenters. The van der Waals surface area contributed by atoms with Gasteiger partial charge in [-0.3, -0.25) is 9.69 Å². The largest absolute Gasteiger partial charge is 0.377 e. The van der Waals surface area contributed by atoms with Crippen molar-refractivity contribution in [3.63, 3.8) is 0 Å². The van der Waals surface area contributed by atoms with Crippen molar-refractivity contribution in [1.29, 1.82) is 0 Å². The van der Waals surface area contributed by atoms with Crippen LogP contribution in [0.3, 0.4) is 0 Å². The molecule has 2 aromatic rings. The minimum Gasteiger partial charge on any atom is -0.377 e. The molecule has 1 aromatic heterocycles. The van der Waals surface area contributed by atoms with Crippen LogP contribution >= 0.6 is 0 Å². The zero-order chi connectivity index (χ0) is 18.5. The molecule has 1 fully saturated rings. The number of nitrogens with zero attached hydrogens (tertiary/aromatic N) is 4. The number of amides is 1. The standard InChI is InChI=1S/C20H27N5O/c1-23(2)18-9-4-3-7-16(18)15-24-11-6-12-25(14-13-24)19-10-5-8-17(22-19)20(21)26/h3-5,7-10H,6,11-15H2,1-2H3,(H2,21,26). The number of rotatable bonds is 5. The molecule has 2 N–H and O–H groups in total. The summed E-state index contributed by atoms with van der Waals surface area (Å²) in [5.74, 6) is 0.348. The van der Waals surface area contributed by atoms with E-state index in [0.717, 1.165) is 45.0 Å². The summed E-state index contributed by atoms with van der Waals surface area (Å²) < 4.78 is 0. The molecule has 2 heterocycles. The van der Waals surface area contributed by atoms with E-state index < -0.39 is 5.91 Å². The SMILES string of the molecule is CN(C)c1ccccc1CN1CCCN(c2cccc(C(N)=O)n2)CC1. The number of hydrogen-bond donors (Lipinski definition) is 1. The Hall–Kier alpha value is -2.60. The van der Waals surface area contributed by atoms with E-state index in [1.54, 1.807) is 6.07 Å². The molecule has 0 saturated carbocycles. The summed E-state index contributed by atoms with van der Waals surface area (Å²) in [5.41, 5.74) is 8.30. The molecule has 0 radical (unpaired) electrons. The molecule has 138 valence electrons. The first-order valence-electron chi connectivity index (χ1n) is 9.04. The van der Waals surface area contributed by atoms with E-state index >= 15 is 0 Å².